The molecule has 3 aliphatic carbocycles. The van der Waals surface area contributed by atoms with E-state index in [-0.39, 0.29) is 16.2 Å². The van der Waals surface area contributed by atoms with Crippen LogP contribution in [0.15, 0.2) is 414 Å². The molecule has 6 heteroatoms. The van der Waals surface area contributed by atoms with Crippen LogP contribution in [0.4, 0.5) is 34.1 Å². The van der Waals surface area contributed by atoms with Gasteiger partial charge in [-0.15, -0.1) is 0 Å². The largest absolute Gasteiger partial charge is 0.456 e. The summed E-state index contributed by atoms with van der Waals surface area (Å²) in [4.78, 5) is 0. The van der Waals surface area contributed by atoms with Crippen molar-refractivity contribution < 1.29 is 13.3 Å². The molecule has 24 rings (SSSR count). The molecule has 0 amide bonds. The lowest BCUT2D eigenvalue weighted by molar-refractivity contribution is 0.660. The third kappa shape index (κ3) is 12.6. The zero-order valence-electron chi connectivity index (χ0n) is 69.3. The molecule has 0 spiro atoms. The number of benzene rings is 18. The maximum Gasteiger partial charge on any atom is 0.136 e. The molecule has 18 aromatic carbocycles. The summed E-state index contributed by atoms with van der Waals surface area (Å²) in [5, 5.41) is 18.3. The van der Waals surface area contributed by atoms with Crippen molar-refractivity contribution in [3.05, 3.63) is 434 Å². The van der Waals surface area contributed by atoms with Crippen molar-refractivity contribution in [1.82, 2.24) is 0 Å². The Hall–Kier alpha value is -15.2. The van der Waals surface area contributed by atoms with Gasteiger partial charge >= 0.3 is 0 Å². The van der Waals surface area contributed by atoms with Crippen LogP contribution in [0.5, 0.6) is 0 Å². The number of para-hydroxylation sites is 3. The first kappa shape index (κ1) is 74.1. The lowest BCUT2D eigenvalue weighted by Gasteiger charge is -2.23. The minimum Gasteiger partial charge on any atom is -0.456 e. The second kappa shape index (κ2) is 29.6. The van der Waals surface area contributed by atoms with Crippen LogP contribution >= 0.6 is 0 Å². The van der Waals surface area contributed by atoms with Gasteiger partial charge in [0.25, 0.3) is 0 Å². The Bertz CT molecular complexity index is 7750. The van der Waals surface area contributed by atoms with E-state index >= 15 is 0 Å². The van der Waals surface area contributed by atoms with E-state index in [2.05, 4.69) is 421 Å². The summed E-state index contributed by atoms with van der Waals surface area (Å²) in [5.74, 6) is 0. The van der Waals surface area contributed by atoms with E-state index in [1.807, 2.05) is 36.4 Å². The van der Waals surface area contributed by atoms with Gasteiger partial charge in [-0.1, -0.05) is 345 Å². The third-order valence-corrected chi connectivity index (χ3v) is 26.0. The molecule has 0 fully saturated rings. The summed E-state index contributed by atoms with van der Waals surface area (Å²) in [6, 6.07) is 143. The number of hydrogen-bond donors (Lipinski definition) is 3. The maximum absolute atomic E-state index is 6.30. The van der Waals surface area contributed by atoms with E-state index in [4.69, 9.17) is 13.3 Å². The number of rotatable bonds is 12. The van der Waals surface area contributed by atoms with Gasteiger partial charge < -0.3 is 29.2 Å². The molecule has 0 radical (unpaired) electrons. The van der Waals surface area contributed by atoms with E-state index in [1.54, 1.807) is 0 Å². The van der Waals surface area contributed by atoms with Gasteiger partial charge in [-0.25, -0.2) is 0 Å². The fourth-order valence-corrected chi connectivity index (χ4v) is 20.1. The van der Waals surface area contributed by atoms with Crippen molar-refractivity contribution in [1.29, 1.82) is 0 Å². The number of nitrogens with one attached hydrogen (secondary N) is 3. The smallest absolute Gasteiger partial charge is 0.136 e. The molecule has 0 bridgehead atoms. The molecule has 3 N–H and O–H groups in total. The van der Waals surface area contributed by atoms with Crippen molar-refractivity contribution in [3.8, 4) is 100 Å². The second-order valence-electron chi connectivity index (χ2n) is 34.3. The molecular formula is C117H87N3O3. The highest BCUT2D eigenvalue weighted by Crippen LogP contribution is 2.55. The molecule has 3 aliphatic rings. The van der Waals surface area contributed by atoms with Gasteiger partial charge in [-0.2, -0.15) is 0 Å². The van der Waals surface area contributed by atoms with Crippen LogP contribution in [0.1, 0.15) is 74.9 Å². The van der Waals surface area contributed by atoms with Gasteiger partial charge in [-0.3, -0.25) is 0 Å². The highest BCUT2D eigenvalue weighted by atomic mass is 16.3. The van der Waals surface area contributed by atoms with Crippen LogP contribution in [0.25, 0.3) is 166 Å². The first-order chi connectivity index (χ1) is 60.3. The van der Waals surface area contributed by atoms with Gasteiger partial charge in [0.05, 0.1) is 0 Å². The Morgan fingerprint density at radius 1 is 0.179 bits per heavy atom. The molecule has 123 heavy (non-hydrogen) atoms. The molecule has 0 unspecified atom stereocenters. The Kier molecular flexibility index (Phi) is 17.8. The summed E-state index contributed by atoms with van der Waals surface area (Å²) in [7, 11) is 0. The average molecular weight is 1580 g/mol. The average Bonchev–Trinajstić information content (AvgIpc) is 1.67. The van der Waals surface area contributed by atoms with E-state index in [0.29, 0.717) is 0 Å². The fourth-order valence-electron chi connectivity index (χ4n) is 20.1. The van der Waals surface area contributed by atoms with Gasteiger partial charge in [0, 0.05) is 99.4 Å². The first-order valence-electron chi connectivity index (χ1n) is 42.6. The minimum absolute atomic E-state index is 0.0499. The number of anilines is 6. The Labute approximate surface area is 716 Å². The van der Waals surface area contributed by atoms with Crippen LogP contribution < -0.4 is 16.0 Å². The SMILES string of the molecule is CC1(C)c2ccccc2-c2ccc(Nc3ccc(-c4ccccc4)cc3-c3cccc4oc5ccccc5c34)cc21.CC1(C)c2ccccc2-c2ccc(Nc3cccc(-c4cccc5oc6ccccc6c45)c3-c3ccccc3)cc21.CC1(C)c2ccccc2-c2ccc(Nc3cccc(-c4ccccc4)c3-c3cccc4oc5ccccc5c34)cc21. The van der Waals surface area contributed by atoms with Crippen molar-refractivity contribution >= 4 is 99.9 Å². The zero-order chi connectivity index (χ0) is 82.7. The number of fused-ring (bicyclic) bond motifs is 18. The van der Waals surface area contributed by atoms with E-state index in [0.717, 1.165) is 117 Å². The quantitative estimate of drug-likeness (QED) is 0.113. The molecule has 0 saturated heterocycles. The fraction of sp³-hybridized carbons (Fsp3) is 0.0769. The normalized spacial score (nSPS) is 13.3. The van der Waals surface area contributed by atoms with Crippen molar-refractivity contribution in [2.45, 2.75) is 57.8 Å². The van der Waals surface area contributed by atoms with E-state index in [1.165, 1.54) is 117 Å². The van der Waals surface area contributed by atoms with Gasteiger partial charge in [0.15, 0.2) is 0 Å². The zero-order valence-corrected chi connectivity index (χ0v) is 69.3. The predicted octanol–water partition coefficient (Wildman–Crippen LogP) is 32.9. The lowest BCUT2D eigenvalue weighted by Crippen LogP contribution is -2.15. The van der Waals surface area contributed by atoms with Crippen LogP contribution in [-0.2, 0) is 16.2 Å². The molecule has 588 valence electrons. The summed E-state index contributed by atoms with van der Waals surface area (Å²) in [6.45, 7) is 14.0. The van der Waals surface area contributed by atoms with E-state index in [9.17, 15) is 0 Å². The predicted molar refractivity (Wildman–Crippen MR) is 516 cm³/mol. The highest BCUT2D eigenvalue weighted by molar-refractivity contribution is 6.18. The van der Waals surface area contributed by atoms with Crippen LogP contribution in [0.2, 0.25) is 0 Å². The molecular weight excluding hydrogens is 1500 g/mol. The lowest BCUT2D eigenvalue weighted by atomic mass is 9.82. The molecule has 0 aliphatic heterocycles. The van der Waals surface area contributed by atoms with Gasteiger partial charge in [0.2, 0.25) is 0 Å². The molecule has 3 aromatic heterocycles. The topological polar surface area (TPSA) is 75.5 Å². The molecule has 3 heterocycles. The van der Waals surface area contributed by atoms with Crippen LogP contribution in [0.3, 0.4) is 0 Å². The number of hydrogen-bond acceptors (Lipinski definition) is 6. The van der Waals surface area contributed by atoms with Crippen molar-refractivity contribution in [2.75, 3.05) is 16.0 Å². The Morgan fingerprint density at radius 2 is 0.496 bits per heavy atom. The van der Waals surface area contributed by atoms with Crippen LogP contribution in [-0.4, -0.2) is 0 Å². The van der Waals surface area contributed by atoms with Crippen LogP contribution in [0, 0.1) is 0 Å². The molecule has 6 nitrogen and oxygen atoms in total. The minimum atomic E-state index is -0.0559. The monoisotopic (exact) mass is 1580 g/mol. The van der Waals surface area contributed by atoms with Crippen molar-refractivity contribution in [3.63, 3.8) is 0 Å². The van der Waals surface area contributed by atoms with Gasteiger partial charge in [-0.05, 0) is 214 Å². The first-order valence-corrected chi connectivity index (χ1v) is 42.6. The summed E-state index contributed by atoms with van der Waals surface area (Å²) in [6.07, 6.45) is 0. The Morgan fingerprint density at radius 3 is 0.951 bits per heavy atom. The van der Waals surface area contributed by atoms with Gasteiger partial charge in [0.1, 0.15) is 33.5 Å². The summed E-state index contributed by atoms with van der Waals surface area (Å²) < 4.78 is 18.8. The summed E-state index contributed by atoms with van der Waals surface area (Å²) >= 11 is 0. The molecule has 21 aromatic rings. The van der Waals surface area contributed by atoms with E-state index < -0.39 is 0 Å². The number of furan rings is 3. The van der Waals surface area contributed by atoms with Crippen molar-refractivity contribution in [2.24, 2.45) is 0 Å². The standard InChI is InChI=1S/3C39H29NO/c1-39(2)32-18-8-6-14-28(32)29-23-22-26(24-33(29)39)40-34-19-10-16-27(25-12-4-3-5-13-25)37(34)31-17-11-21-36-38(31)30-15-7-9-20-35(30)41-36;1-39(2)32-18-8-6-14-27(32)28-23-22-26(24-33(28)39)40-34-19-10-16-29(37(34)25-12-4-3-5-13-25)30-17-11-21-36-38(30)31-15-7-9-20-35(31)41-36;1-39(2)33-16-8-6-13-28(33)29-21-20-27(24-34(29)39)40-35-22-19-26(25-11-4-3-5-12-25)23-32(35)30-15-10-18-37-38(30)31-14-7-9-17-36(31)41-37/h3*3-24,40H,1-2H3. The molecule has 0 atom stereocenters. The Balaban J connectivity index is 0.000000110. The maximum atomic E-state index is 6.30. The second-order valence-corrected chi connectivity index (χ2v) is 34.3. The summed E-state index contributed by atoms with van der Waals surface area (Å²) in [5.41, 5.74) is 42.0. The molecule has 0 saturated carbocycles. The third-order valence-electron chi connectivity index (χ3n) is 26.0. The highest BCUT2D eigenvalue weighted by Gasteiger charge is 2.39.